The summed E-state index contributed by atoms with van der Waals surface area (Å²) in [5, 5.41) is 15.9. The first-order chi connectivity index (χ1) is 17.4. The summed E-state index contributed by atoms with van der Waals surface area (Å²) in [7, 11) is -7.61. The number of carbonyl (C=O) groups excluding carboxylic acids is 1. The third kappa shape index (κ3) is 4.89. The quantitative estimate of drug-likeness (QED) is 0.527. The summed E-state index contributed by atoms with van der Waals surface area (Å²) in [5.41, 5.74) is 0.601. The van der Waals surface area contributed by atoms with E-state index in [-0.39, 0.29) is 56.8 Å². The fraction of sp³-hybridized carbons (Fsp3) is 0.391. The molecule has 2 aromatic rings. The number of nitrogens with zero attached hydrogens (tertiary/aromatic N) is 2. The minimum absolute atomic E-state index is 0.000726. The monoisotopic (exact) mass is 587 g/mol. The van der Waals surface area contributed by atoms with Crippen LogP contribution in [0, 0.1) is 11.7 Å². The second-order valence-electron chi connectivity index (χ2n) is 9.37. The van der Waals surface area contributed by atoms with Crippen LogP contribution in [-0.4, -0.2) is 56.6 Å². The number of aryl methyl sites for hydroxylation is 1. The smallest absolute Gasteiger partial charge is 0.287 e. The Morgan fingerprint density at radius 3 is 2.76 bits per heavy atom. The first-order valence-electron chi connectivity index (χ1n) is 11.4. The van der Waals surface area contributed by atoms with Crippen LogP contribution in [0.15, 0.2) is 44.2 Å². The van der Waals surface area contributed by atoms with Gasteiger partial charge >= 0.3 is 0 Å². The second kappa shape index (κ2) is 9.37. The van der Waals surface area contributed by atoms with E-state index in [1.807, 2.05) is 0 Å². The number of hydrogen-bond acceptors (Lipinski definition) is 8. The first-order valence-corrected chi connectivity index (χ1v) is 16.2. The fourth-order valence-electron chi connectivity index (χ4n) is 5.09. The van der Waals surface area contributed by atoms with Crippen LogP contribution in [0.2, 0.25) is 5.02 Å². The zero-order chi connectivity index (χ0) is 26.7. The van der Waals surface area contributed by atoms with Crippen molar-refractivity contribution >= 4 is 59.5 Å². The topological polar surface area (TPSA) is 133 Å². The molecule has 0 bridgehead atoms. The average Bonchev–Trinajstić information content (AvgIpc) is 3.44. The lowest BCUT2D eigenvalue weighted by molar-refractivity contribution is -0.132. The summed E-state index contributed by atoms with van der Waals surface area (Å²) in [6.45, 7) is 0.0514. The molecule has 9 nitrogen and oxygen atoms in total. The Bertz CT molecular complexity index is 1580. The number of sulfonamides is 1. The van der Waals surface area contributed by atoms with Gasteiger partial charge in [-0.1, -0.05) is 24.1 Å². The molecule has 1 aliphatic carbocycles. The van der Waals surface area contributed by atoms with E-state index < -0.39 is 37.5 Å². The number of aliphatic hydroxyl groups excluding tert-OH is 1. The molecule has 1 fully saturated rings. The number of amidine groups is 1. The van der Waals surface area contributed by atoms with Gasteiger partial charge in [0.2, 0.25) is 0 Å². The van der Waals surface area contributed by atoms with E-state index in [2.05, 4.69) is 9.71 Å². The maximum Gasteiger partial charge on any atom is 0.287 e. The largest absolute Gasteiger partial charge is 0.511 e. The van der Waals surface area contributed by atoms with Gasteiger partial charge in [-0.05, 0) is 47.9 Å². The molecule has 3 aliphatic rings. The van der Waals surface area contributed by atoms with Crippen LogP contribution in [0.25, 0.3) is 0 Å². The van der Waals surface area contributed by atoms with Crippen molar-refractivity contribution in [1.82, 2.24) is 4.90 Å². The molecule has 1 saturated carbocycles. The van der Waals surface area contributed by atoms with Crippen LogP contribution in [0.1, 0.15) is 30.4 Å². The van der Waals surface area contributed by atoms with E-state index in [1.165, 1.54) is 17.0 Å². The maximum absolute atomic E-state index is 13.7. The number of halogens is 2. The van der Waals surface area contributed by atoms with Gasteiger partial charge in [-0.15, -0.1) is 15.7 Å². The number of fused-ring (bicyclic) bond motifs is 2. The van der Waals surface area contributed by atoms with Crippen LogP contribution in [0.5, 0.6) is 0 Å². The van der Waals surface area contributed by atoms with Gasteiger partial charge in [-0.3, -0.25) is 4.79 Å². The van der Waals surface area contributed by atoms with Gasteiger partial charge in [0.25, 0.3) is 15.9 Å². The molecule has 0 spiro atoms. The third-order valence-corrected chi connectivity index (χ3v) is 10.6. The number of hydrogen-bond donors (Lipinski definition) is 2. The molecular formula is C23H23ClFN3O6S3. The minimum atomic E-state index is -4.29. The summed E-state index contributed by atoms with van der Waals surface area (Å²) in [6, 6.07) is 3.57. The highest BCUT2D eigenvalue weighted by atomic mass is 35.5. The number of thiophene rings is 1. The minimum Gasteiger partial charge on any atom is -0.511 e. The molecule has 1 amide bonds. The van der Waals surface area contributed by atoms with Gasteiger partial charge in [0.05, 0.1) is 5.75 Å². The summed E-state index contributed by atoms with van der Waals surface area (Å²) in [4.78, 5) is 15.1. The molecule has 0 radical (unpaired) electrons. The summed E-state index contributed by atoms with van der Waals surface area (Å²) in [6.07, 6.45) is 3.06. The van der Waals surface area contributed by atoms with E-state index in [9.17, 15) is 31.1 Å². The number of nitrogens with one attached hydrogen (secondary N) is 1. The number of carbonyl (C=O) groups is 1. The van der Waals surface area contributed by atoms with E-state index >= 15 is 0 Å². The Morgan fingerprint density at radius 1 is 1.30 bits per heavy atom. The van der Waals surface area contributed by atoms with Crippen LogP contribution >= 0.6 is 22.9 Å². The molecule has 198 valence electrons. The van der Waals surface area contributed by atoms with Gasteiger partial charge in [-0.25, -0.2) is 12.8 Å². The number of rotatable bonds is 6. The molecule has 5 rings (SSSR count). The summed E-state index contributed by atoms with van der Waals surface area (Å²) < 4.78 is 66.9. The highest BCUT2D eigenvalue weighted by Crippen LogP contribution is 2.43. The number of amides is 1. The van der Waals surface area contributed by atoms with Crippen LogP contribution in [0.3, 0.4) is 0 Å². The lowest BCUT2D eigenvalue weighted by atomic mass is 9.90. The lowest BCUT2D eigenvalue weighted by Gasteiger charge is -2.39. The lowest BCUT2D eigenvalue weighted by Crippen LogP contribution is -2.49. The van der Waals surface area contributed by atoms with E-state index in [1.54, 1.807) is 5.38 Å². The van der Waals surface area contributed by atoms with Crippen molar-refractivity contribution in [3.05, 3.63) is 56.9 Å². The van der Waals surface area contributed by atoms with Crippen molar-refractivity contribution in [3.8, 4) is 0 Å². The van der Waals surface area contributed by atoms with Crippen LogP contribution in [0.4, 0.5) is 9.39 Å². The predicted octanol–water partition coefficient (Wildman–Crippen LogP) is 3.66. The molecule has 1 aromatic heterocycles. The number of sulfone groups is 1. The van der Waals surface area contributed by atoms with Crippen molar-refractivity contribution in [3.63, 3.8) is 0 Å². The van der Waals surface area contributed by atoms with E-state index in [4.69, 9.17) is 11.6 Å². The molecule has 2 unspecified atom stereocenters. The fourth-order valence-corrected chi connectivity index (χ4v) is 8.58. The molecule has 3 heterocycles. The van der Waals surface area contributed by atoms with Crippen molar-refractivity contribution < 1.29 is 31.1 Å². The Labute approximate surface area is 222 Å². The Morgan fingerprint density at radius 2 is 2.05 bits per heavy atom. The molecule has 14 heteroatoms. The summed E-state index contributed by atoms with van der Waals surface area (Å²) >= 11 is 7.27. The van der Waals surface area contributed by atoms with Gasteiger partial charge in [0.15, 0.2) is 5.84 Å². The number of aliphatic hydroxyl groups is 1. The third-order valence-electron chi connectivity index (χ3n) is 6.81. The van der Waals surface area contributed by atoms with Gasteiger partial charge in [0, 0.05) is 29.8 Å². The summed E-state index contributed by atoms with van der Waals surface area (Å²) in [5.74, 6) is -2.26. The highest BCUT2D eigenvalue weighted by Gasteiger charge is 2.47. The Balaban J connectivity index is 1.52. The molecule has 2 atom stereocenters. The van der Waals surface area contributed by atoms with Gasteiger partial charge in [0.1, 0.15) is 36.9 Å². The molecule has 0 saturated heterocycles. The van der Waals surface area contributed by atoms with Crippen LogP contribution < -0.4 is 5.32 Å². The number of benzene rings is 1. The van der Waals surface area contributed by atoms with Crippen molar-refractivity contribution in [1.29, 1.82) is 0 Å². The molecule has 37 heavy (non-hydrogen) atoms. The van der Waals surface area contributed by atoms with Crippen molar-refractivity contribution in [2.45, 2.75) is 43.2 Å². The van der Waals surface area contributed by atoms with Crippen LogP contribution in [-0.2, 0) is 37.6 Å². The standard InChI is InChI=1S/C23H23ClFN3O6S3/c1-36(31,32)8-7-13-11-35-22-20(13)37(33,34)27-21(26-22)18-19(29)15-3-2-4-17(15)28(23(18)30)10-12-5-6-14(25)9-16(12)24/h5-6,9,11,15,17,29H,2-4,7-8,10H2,1H3,(H,26,27). The highest BCUT2D eigenvalue weighted by molar-refractivity contribution is 7.91. The van der Waals surface area contributed by atoms with Crippen molar-refractivity contribution in [2.75, 3.05) is 17.3 Å². The zero-order valence-electron chi connectivity index (χ0n) is 19.6. The van der Waals surface area contributed by atoms with Gasteiger partial charge in [-0.2, -0.15) is 8.42 Å². The Hall–Kier alpha value is -2.48. The van der Waals surface area contributed by atoms with Crippen molar-refractivity contribution in [2.24, 2.45) is 10.3 Å². The predicted molar refractivity (Wildman–Crippen MR) is 139 cm³/mol. The molecular weight excluding hydrogens is 565 g/mol. The van der Waals surface area contributed by atoms with E-state index in [0.717, 1.165) is 30.1 Å². The first kappa shape index (κ1) is 26.1. The normalized spacial score (nSPS) is 22.9. The van der Waals surface area contributed by atoms with E-state index in [0.29, 0.717) is 24.0 Å². The number of anilines is 1. The SMILES string of the molecule is CS(=O)(=O)CCc1csc2c1S(=O)(=O)N=C(C1=C(O)C3CCCC3N(Cc3ccc(F)cc3Cl)C1=O)N2. The maximum atomic E-state index is 13.7. The Kier molecular flexibility index (Phi) is 6.62. The molecule has 2 N–H and O–H groups in total. The molecule has 1 aromatic carbocycles. The van der Waals surface area contributed by atoms with Gasteiger partial charge < -0.3 is 15.3 Å². The average molecular weight is 588 g/mol. The molecule has 2 aliphatic heterocycles. The zero-order valence-corrected chi connectivity index (χ0v) is 22.8. The second-order valence-corrected chi connectivity index (χ2v) is 14.5.